The van der Waals surface area contributed by atoms with E-state index in [0.717, 1.165) is 42.1 Å². The van der Waals surface area contributed by atoms with E-state index in [-0.39, 0.29) is 36.0 Å². The van der Waals surface area contributed by atoms with Gasteiger partial charge in [0.25, 0.3) is 5.91 Å². The summed E-state index contributed by atoms with van der Waals surface area (Å²) in [6, 6.07) is 9.62. The molecule has 30 heavy (non-hydrogen) atoms. The summed E-state index contributed by atoms with van der Waals surface area (Å²) in [5.74, 6) is -0.0432. The molecule has 154 valence electrons. The molecule has 0 unspecified atom stereocenters. The molecule has 0 spiro atoms. The number of carbonyl (C=O) groups is 2. The third-order valence-electron chi connectivity index (χ3n) is 6.58. The first-order chi connectivity index (χ1) is 14.6. The van der Waals surface area contributed by atoms with Crippen LogP contribution in [0.4, 0.5) is 0 Å². The van der Waals surface area contributed by atoms with Crippen molar-refractivity contribution in [1.29, 1.82) is 5.26 Å². The van der Waals surface area contributed by atoms with Crippen LogP contribution in [0.25, 0.3) is 10.9 Å². The van der Waals surface area contributed by atoms with Crippen LogP contribution in [0.2, 0.25) is 0 Å². The third kappa shape index (κ3) is 3.12. The van der Waals surface area contributed by atoms with Gasteiger partial charge in [-0.15, -0.1) is 0 Å². The monoisotopic (exact) mass is 404 g/mol. The minimum atomic E-state index is -0.365. The second-order valence-electron chi connectivity index (χ2n) is 8.45. The van der Waals surface area contributed by atoms with Gasteiger partial charge in [-0.2, -0.15) is 5.26 Å². The molecule has 2 saturated carbocycles. The third-order valence-corrected chi connectivity index (χ3v) is 6.58. The van der Waals surface area contributed by atoms with E-state index >= 15 is 0 Å². The fourth-order valence-corrected chi connectivity index (χ4v) is 4.81. The van der Waals surface area contributed by atoms with Gasteiger partial charge in [0.2, 0.25) is 5.91 Å². The summed E-state index contributed by atoms with van der Waals surface area (Å²) in [4.78, 5) is 31.6. The highest BCUT2D eigenvalue weighted by Crippen LogP contribution is 2.50. The van der Waals surface area contributed by atoms with Gasteiger partial charge in [-0.25, -0.2) is 0 Å². The van der Waals surface area contributed by atoms with Crippen LogP contribution in [-0.4, -0.2) is 46.9 Å². The molecular formula is C23H24N4O3. The standard InChI is InChI=1S/C23H24N4O3/c1-2-30-23(6-7-23)15-3-4-19-18(11-15)17(5-8-25-19)22(29)26-13-21(28)27-16(12-24)9-14-10-20(14)27/h3-5,8,11,14,16,20H,2,6-7,9-10,13H2,1H3,(H,26,29)/t14-,16+,20+/m1/s1. The Morgan fingerprint density at radius 2 is 2.17 bits per heavy atom. The number of nitrogens with one attached hydrogen (secondary N) is 1. The van der Waals surface area contributed by atoms with Crippen LogP contribution in [0.1, 0.15) is 48.5 Å². The Balaban J connectivity index is 1.34. The molecule has 2 amide bonds. The lowest BCUT2D eigenvalue weighted by atomic mass is 10.0. The van der Waals surface area contributed by atoms with Crippen molar-refractivity contribution in [2.75, 3.05) is 13.2 Å². The van der Waals surface area contributed by atoms with E-state index in [4.69, 9.17) is 4.74 Å². The number of carbonyl (C=O) groups excluding carboxylic acids is 2. The zero-order chi connectivity index (χ0) is 20.9. The molecule has 0 radical (unpaired) electrons. The van der Waals surface area contributed by atoms with E-state index in [1.54, 1.807) is 17.2 Å². The molecule has 3 fully saturated rings. The minimum absolute atomic E-state index is 0.105. The molecule has 1 N–H and O–H groups in total. The number of hydrogen-bond donors (Lipinski definition) is 1. The van der Waals surface area contributed by atoms with Gasteiger partial charge in [0, 0.05) is 24.2 Å². The maximum absolute atomic E-state index is 12.9. The molecule has 3 aliphatic rings. The summed E-state index contributed by atoms with van der Waals surface area (Å²) >= 11 is 0. The Labute approximate surface area is 175 Å². The zero-order valence-electron chi connectivity index (χ0n) is 16.9. The average molecular weight is 404 g/mol. The first-order valence-corrected chi connectivity index (χ1v) is 10.6. The Morgan fingerprint density at radius 1 is 1.33 bits per heavy atom. The predicted octanol–water partition coefficient (Wildman–Crippen LogP) is 2.50. The molecule has 1 aromatic carbocycles. The summed E-state index contributed by atoms with van der Waals surface area (Å²) in [6.45, 7) is 2.52. The number of likely N-dealkylation sites (tertiary alicyclic amines) is 1. The fourth-order valence-electron chi connectivity index (χ4n) is 4.81. The predicted molar refractivity (Wildman–Crippen MR) is 109 cm³/mol. The number of piperidine rings is 1. The highest BCUT2D eigenvalue weighted by atomic mass is 16.5. The molecule has 1 aliphatic heterocycles. The van der Waals surface area contributed by atoms with E-state index in [2.05, 4.69) is 16.4 Å². The number of ether oxygens (including phenoxy) is 1. The molecule has 2 heterocycles. The Morgan fingerprint density at radius 3 is 2.90 bits per heavy atom. The SMILES string of the molecule is CCOC1(c2ccc3nccc(C(=O)NCC(=O)N4[C@H](C#N)C[C@@H]5C[C@@H]54)c3c2)CC1. The van der Waals surface area contributed by atoms with Crippen molar-refractivity contribution >= 4 is 22.7 Å². The van der Waals surface area contributed by atoms with Crippen LogP contribution < -0.4 is 5.32 Å². The van der Waals surface area contributed by atoms with Crippen LogP contribution in [0.15, 0.2) is 30.5 Å². The van der Waals surface area contributed by atoms with Gasteiger partial charge in [0.15, 0.2) is 0 Å². The first kappa shape index (κ1) is 19.0. The topological polar surface area (TPSA) is 95.3 Å². The van der Waals surface area contributed by atoms with Crippen molar-refractivity contribution in [3.8, 4) is 6.07 Å². The molecule has 2 aromatic rings. The second kappa shape index (κ2) is 7.06. The van der Waals surface area contributed by atoms with Crippen LogP contribution in [0.5, 0.6) is 0 Å². The van der Waals surface area contributed by atoms with E-state index in [0.29, 0.717) is 18.1 Å². The summed E-state index contributed by atoms with van der Waals surface area (Å²) in [5.41, 5.74) is 2.04. The number of amides is 2. The van der Waals surface area contributed by atoms with Gasteiger partial charge in [-0.05, 0) is 62.3 Å². The molecule has 1 aromatic heterocycles. The number of hydrogen-bond acceptors (Lipinski definition) is 5. The summed E-state index contributed by atoms with van der Waals surface area (Å²) in [7, 11) is 0. The molecule has 2 aliphatic carbocycles. The number of fused-ring (bicyclic) bond motifs is 2. The van der Waals surface area contributed by atoms with Crippen molar-refractivity contribution in [2.24, 2.45) is 5.92 Å². The van der Waals surface area contributed by atoms with Crippen LogP contribution in [-0.2, 0) is 15.1 Å². The Kier molecular flexibility index (Phi) is 4.48. The maximum Gasteiger partial charge on any atom is 0.252 e. The smallest absolute Gasteiger partial charge is 0.252 e. The van der Waals surface area contributed by atoms with Crippen molar-refractivity contribution in [3.05, 3.63) is 41.6 Å². The minimum Gasteiger partial charge on any atom is -0.371 e. The summed E-state index contributed by atoms with van der Waals surface area (Å²) in [6.07, 6.45) is 5.27. The number of pyridine rings is 1. The Bertz CT molecular complexity index is 1070. The molecule has 0 bridgehead atoms. The van der Waals surface area contributed by atoms with Gasteiger partial charge in [0.1, 0.15) is 6.04 Å². The molecule has 1 saturated heterocycles. The largest absolute Gasteiger partial charge is 0.371 e. The quantitative estimate of drug-likeness (QED) is 0.798. The van der Waals surface area contributed by atoms with E-state index in [9.17, 15) is 14.9 Å². The van der Waals surface area contributed by atoms with Crippen molar-refractivity contribution in [1.82, 2.24) is 15.2 Å². The van der Waals surface area contributed by atoms with Crippen LogP contribution >= 0.6 is 0 Å². The summed E-state index contributed by atoms with van der Waals surface area (Å²) in [5, 5.41) is 12.8. The fraction of sp³-hybridized carbons (Fsp3) is 0.478. The van der Waals surface area contributed by atoms with E-state index in [1.807, 2.05) is 25.1 Å². The lowest BCUT2D eigenvalue weighted by molar-refractivity contribution is -0.131. The maximum atomic E-state index is 12.9. The number of benzene rings is 1. The van der Waals surface area contributed by atoms with Gasteiger partial charge >= 0.3 is 0 Å². The number of aromatic nitrogens is 1. The molecule has 7 nitrogen and oxygen atoms in total. The molecule has 3 atom stereocenters. The number of rotatable bonds is 6. The summed E-state index contributed by atoms with van der Waals surface area (Å²) < 4.78 is 5.95. The molecular weight excluding hydrogens is 380 g/mol. The number of nitrogens with zero attached hydrogens (tertiary/aromatic N) is 3. The number of nitriles is 1. The normalized spacial score (nSPS) is 25.5. The lowest BCUT2D eigenvalue weighted by Crippen LogP contribution is -2.44. The highest BCUT2D eigenvalue weighted by molar-refractivity contribution is 6.07. The van der Waals surface area contributed by atoms with Crippen LogP contribution in [0, 0.1) is 17.2 Å². The van der Waals surface area contributed by atoms with E-state index in [1.165, 1.54) is 0 Å². The highest BCUT2D eigenvalue weighted by Gasteiger charge is 2.54. The van der Waals surface area contributed by atoms with Crippen LogP contribution in [0.3, 0.4) is 0 Å². The first-order valence-electron chi connectivity index (χ1n) is 10.6. The van der Waals surface area contributed by atoms with Gasteiger partial charge in [-0.3, -0.25) is 14.6 Å². The van der Waals surface area contributed by atoms with Crippen molar-refractivity contribution in [3.63, 3.8) is 0 Å². The van der Waals surface area contributed by atoms with Gasteiger partial charge in [0.05, 0.1) is 29.3 Å². The van der Waals surface area contributed by atoms with Gasteiger partial charge in [-0.1, -0.05) is 6.07 Å². The van der Waals surface area contributed by atoms with E-state index < -0.39 is 0 Å². The Hall–Kier alpha value is -2.98. The van der Waals surface area contributed by atoms with Crippen molar-refractivity contribution in [2.45, 2.75) is 50.3 Å². The lowest BCUT2D eigenvalue weighted by Gasteiger charge is -2.22. The molecule has 7 heteroatoms. The van der Waals surface area contributed by atoms with Crippen molar-refractivity contribution < 1.29 is 14.3 Å². The molecule has 5 rings (SSSR count). The second-order valence-corrected chi connectivity index (χ2v) is 8.45. The zero-order valence-corrected chi connectivity index (χ0v) is 16.9. The average Bonchev–Trinajstić information content (AvgIpc) is 3.69. The van der Waals surface area contributed by atoms with Gasteiger partial charge < -0.3 is 15.0 Å².